The monoisotopic (exact) mass is 259 g/mol. The van der Waals surface area contributed by atoms with Gasteiger partial charge in [-0.15, -0.1) is 17.0 Å². The van der Waals surface area contributed by atoms with Crippen LogP contribution in [-0.2, 0) is 11.2 Å². The predicted octanol–water partition coefficient (Wildman–Crippen LogP) is 1.61. The third kappa shape index (κ3) is 3.47. The quantitative estimate of drug-likeness (QED) is 0.867. The summed E-state index contributed by atoms with van der Waals surface area (Å²) in [7, 11) is 0. The van der Waals surface area contributed by atoms with Gasteiger partial charge in [-0.1, -0.05) is 30.3 Å². The van der Waals surface area contributed by atoms with Gasteiger partial charge in [0.25, 0.3) is 0 Å². The fraction of sp³-hybridized carbons (Fsp3) is 0.300. The van der Waals surface area contributed by atoms with E-state index < -0.39 is 11.5 Å². The number of carboxylic acids is 1. The Kier molecular flexibility index (Phi) is 4.80. The van der Waals surface area contributed by atoms with E-state index >= 15 is 0 Å². The minimum absolute atomic E-state index is 0. The number of carboxylic acid groups (broad SMARTS) is 1. The van der Waals surface area contributed by atoms with Gasteiger partial charge < -0.3 is 10.8 Å². The van der Waals surface area contributed by atoms with Gasteiger partial charge in [0.1, 0.15) is 5.54 Å². The van der Waals surface area contributed by atoms with Crippen LogP contribution in [0.1, 0.15) is 12.5 Å². The fourth-order valence-electron chi connectivity index (χ4n) is 1.10. The van der Waals surface area contributed by atoms with Gasteiger partial charge in [0.15, 0.2) is 0 Å². The summed E-state index contributed by atoms with van der Waals surface area (Å²) in [6.45, 7) is 1.52. The fourth-order valence-corrected chi connectivity index (χ4v) is 1.10. The average Bonchev–Trinajstić information content (AvgIpc) is 2.05. The summed E-state index contributed by atoms with van der Waals surface area (Å²) in [4.78, 5) is 10.7. The summed E-state index contributed by atoms with van der Waals surface area (Å²) in [5, 5.41) is 8.78. The first-order chi connectivity index (χ1) is 6.02. The van der Waals surface area contributed by atoms with E-state index in [0.717, 1.165) is 5.56 Å². The lowest BCUT2D eigenvalue weighted by Crippen LogP contribution is -2.46. The van der Waals surface area contributed by atoms with Crippen LogP contribution in [0.4, 0.5) is 0 Å². The Hall–Kier alpha value is -0.870. The predicted molar refractivity (Wildman–Crippen MR) is 60.7 cm³/mol. The van der Waals surface area contributed by atoms with Crippen molar-refractivity contribution in [3.63, 3.8) is 0 Å². The molecule has 0 saturated carbocycles. The lowest BCUT2D eigenvalue weighted by Gasteiger charge is -2.18. The standard InChI is InChI=1S/C10H13NO2.BrH/c1-10(11,9(12)13)7-8-5-3-2-4-6-8;/h2-6H,7,11H2,1H3,(H,12,13);1H/t10-;/m1./s1. The van der Waals surface area contributed by atoms with E-state index in [-0.39, 0.29) is 17.0 Å². The molecule has 0 amide bonds. The molecule has 78 valence electrons. The Morgan fingerprint density at radius 2 is 1.93 bits per heavy atom. The highest BCUT2D eigenvalue weighted by molar-refractivity contribution is 8.93. The molecule has 3 N–H and O–H groups in total. The van der Waals surface area contributed by atoms with Crippen LogP contribution >= 0.6 is 17.0 Å². The molecule has 4 heteroatoms. The second-order valence-corrected chi connectivity index (χ2v) is 3.38. The van der Waals surface area contributed by atoms with Gasteiger partial charge in [0.2, 0.25) is 0 Å². The lowest BCUT2D eigenvalue weighted by atomic mass is 9.94. The Labute approximate surface area is 93.7 Å². The smallest absolute Gasteiger partial charge is 0.323 e. The van der Waals surface area contributed by atoms with Crippen LogP contribution in [0.3, 0.4) is 0 Å². The molecule has 1 rings (SSSR count). The molecule has 1 aromatic rings. The van der Waals surface area contributed by atoms with E-state index in [9.17, 15) is 4.79 Å². The normalized spacial score (nSPS) is 13.9. The van der Waals surface area contributed by atoms with Crippen molar-refractivity contribution in [1.29, 1.82) is 0 Å². The topological polar surface area (TPSA) is 63.3 Å². The summed E-state index contributed by atoms with van der Waals surface area (Å²) < 4.78 is 0. The summed E-state index contributed by atoms with van der Waals surface area (Å²) in [6.07, 6.45) is 0.350. The van der Waals surface area contributed by atoms with Crippen molar-refractivity contribution < 1.29 is 9.90 Å². The summed E-state index contributed by atoms with van der Waals surface area (Å²) >= 11 is 0. The third-order valence-corrected chi connectivity index (χ3v) is 1.90. The van der Waals surface area contributed by atoms with Crippen LogP contribution < -0.4 is 5.73 Å². The van der Waals surface area contributed by atoms with Crippen molar-refractivity contribution in [3.05, 3.63) is 35.9 Å². The number of rotatable bonds is 3. The molecule has 0 unspecified atom stereocenters. The second kappa shape index (κ2) is 5.12. The highest BCUT2D eigenvalue weighted by Crippen LogP contribution is 2.10. The molecule has 0 radical (unpaired) electrons. The van der Waals surface area contributed by atoms with Crippen molar-refractivity contribution in [2.75, 3.05) is 0 Å². The third-order valence-electron chi connectivity index (χ3n) is 1.90. The van der Waals surface area contributed by atoms with Crippen LogP contribution in [0.25, 0.3) is 0 Å². The van der Waals surface area contributed by atoms with Crippen LogP contribution in [0, 0.1) is 0 Å². The maximum atomic E-state index is 10.7. The molecule has 14 heavy (non-hydrogen) atoms. The van der Waals surface area contributed by atoms with Crippen molar-refractivity contribution in [2.24, 2.45) is 5.73 Å². The highest BCUT2D eigenvalue weighted by Gasteiger charge is 2.27. The molecule has 0 aromatic heterocycles. The van der Waals surface area contributed by atoms with E-state index in [1.807, 2.05) is 30.3 Å². The highest BCUT2D eigenvalue weighted by atomic mass is 79.9. The molecule has 3 nitrogen and oxygen atoms in total. The largest absolute Gasteiger partial charge is 0.480 e. The van der Waals surface area contributed by atoms with E-state index in [0.29, 0.717) is 6.42 Å². The van der Waals surface area contributed by atoms with Crippen LogP contribution in [0.2, 0.25) is 0 Å². The number of benzene rings is 1. The van der Waals surface area contributed by atoms with E-state index in [4.69, 9.17) is 10.8 Å². The minimum Gasteiger partial charge on any atom is -0.480 e. The Morgan fingerprint density at radius 3 is 2.36 bits per heavy atom. The molecule has 1 atom stereocenters. The molecule has 0 fully saturated rings. The number of halogens is 1. The number of carbonyl (C=O) groups is 1. The van der Waals surface area contributed by atoms with Crippen molar-refractivity contribution in [1.82, 2.24) is 0 Å². The summed E-state index contributed by atoms with van der Waals surface area (Å²) in [6, 6.07) is 9.36. The Bertz CT molecular complexity index is 298. The van der Waals surface area contributed by atoms with Gasteiger partial charge in [-0.05, 0) is 12.5 Å². The second-order valence-electron chi connectivity index (χ2n) is 3.38. The number of aliphatic carboxylic acids is 1. The molecule has 0 aliphatic rings. The Morgan fingerprint density at radius 1 is 1.43 bits per heavy atom. The van der Waals surface area contributed by atoms with Crippen LogP contribution in [0.5, 0.6) is 0 Å². The van der Waals surface area contributed by atoms with Crippen LogP contribution in [-0.4, -0.2) is 16.6 Å². The molecule has 0 spiro atoms. The van der Waals surface area contributed by atoms with Gasteiger partial charge in [-0.25, -0.2) is 0 Å². The SMILES string of the molecule is Br.C[C@@](N)(Cc1ccccc1)C(=O)O. The lowest BCUT2D eigenvalue weighted by molar-refractivity contribution is -0.142. The number of nitrogens with two attached hydrogens (primary N) is 1. The summed E-state index contributed by atoms with van der Waals surface area (Å²) in [5.41, 5.74) is 5.35. The van der Waals surface area contributed by atoms with Crippen molar-refractivity contribution in [2.45, 2.75) is 18.9 Å². The zero-order valence-electron chi connectivity index (χ0n) is 7.93. The number of hydrogen-bond donors (Lipinski definition) is 2. The van der Waals surface area contributed by atoms with Crippen molar-refractivity contribution in [3.8, 4) is 0 Å². The molecule has 0 aliphatic carbocycles. The average molecular weight is 260 g/mol. The molecule has 0 bridgehead atoms. The summed E-state index contributed by atoms with van der Waals surface area (Å²) in [5.74, 6) is -0.976. The molecule has 0 saturated heterocycles. The molecular weight excluding hydrogens is 246 g/mol. The Balaban J connectivity index is 0.00000169. The van der Waals surface area contributed by atoms with Gasteiger partial charge >= 0.3 is 5.97 Å². The maximum absolute atomic E-state index is 10.7. The molecule has 1 aromatic carbocycles. The zero-order chi connectivity index (χ0) is 9.90. The van der Waals surface area contributed by atoms with E-state index in [1.165, 1.54) is 6.92 Å². The van der Waals surface area contributed by atoms with Gasteiger partial charge in [-0.2, -0.15) is 0 Å². The minimum atomic E-state index is -1.18. The zero-order valence-corrected chi connectivity index (χ0v) is 9.65. The first kappa shape index (κ1) is 13.1. The first-order valence-electron chi connectivity index (χ1n) is 4.08. The van der Waals surface area contributed by atoms with Gasteiger partial charge in [0.05, 0.1) is 0 Å². The van der Waals surface area contributed by atoms with E-state index in [2.05, 4.69) is 0 Å². The van der Waals surface area contributed by atoms with E-state index in [1.54, 1.807) is 0 Å². The number of hydrogen-bond acceptors (Lipinski definition) is 2. The molecule has 0 aliphatic heterocycles. The maximum Gasteiger partial charge on any atom is 0.323 e. The molecule has 0 heterocycles. The van der Waals surface area contributed by atoms with Crippen LogP contribution in [0.15, 0.2) is 30.3 Å². The van der Waals surface area contributed by atoms with Gasteiger partial charge in [0, 0.05) is 6.42 Å². The van der Waals surface area contributed by atoms with Gasteiger partial charge in [-0.3, -0.25) is 4.79 Å². The van der Waals surface area contributed by atoms with Crippen molar-refractivity contribution >= 4 is 23.0 Å². The molecular formula is C10H14BrNO2. The first-order valence-corrected chi connectivity index (χ1v) is 4.08.